The molecule has 118 valence electrons. The summed E-state index contributed by atoms with van der Waals surface area (Å²) in [5, 5.41) is 15.3. The maximum Gasteiger partial charge on any atom is 0.136 e. The molecule has 0 saturated heterocycles. The Morgan fingerprint density at radius 2 is 1.92 bits per heavy atom. The van der Waals surface area contributed by atoms with Crippen LogP contribution in [-0.4, -0.2) is 4.98 Å². The van der Waals surface area contributed by atoms with Crippen LogP contribution < -0.4 is 5.32 Å². The van der Waals surface area contributed by atoms with Crippen molar-refractivity contribution in [2.75, 3.05) is 5.32 Å². The Morgan fingerprint density at radius 1 is 1.17 bits per heavy atom. The zero-order valence-electron chi connectivity index (χ0n) is 13.4. The standard InChI is InChI=1S/C20H17N3S/c1-2-15-8-10-16(11-9-15)19-14-24-20(23-19)17(12-21)13-22-18-6-4-3-5-7-18/h3-11,13-14,22H,2H2,1H3. The molecular weight excluding hydrogens is 314 g/mol. The average Bonchev–Trinajstić information content (AvgIpc) is 3.13. The fourth-order valence-corrected chi connectivity index (χ4v) is 3.07. The van der Waals surface area contributed by atoms with Crippen molar-refractivity contribution in [1.29, 1.82) is 5.26 Å². The van der Waals surface area contributed by atoms with E-state index >= 15 is 0 Å². The number of hydrogen-bond donors (Lipinski definition) is 1. The number of nitriles is 1. The Labute approximate surface area is 145 Å². The zero-order valence-corrected chi connectivity index (χ0v) is 14.2. The predicted molar refractivity (Wildman–Crippen MR) is 101 cm³/mol. The van der Waals surface area contributed by atoms with Gasteiger partial charge in [0.05, 0.1) is 5.69 Å². The molecular formula is C20H17N3S. The smallest absolute Gasteiger partial charge is 0.136 e. The minimum atomic E-state index is 0.528. The van der Waals surface area contributed by atoms with Crippen LogP contribution in [0.25, 0.3) is 16.8 Å². The Balaban J connectivity index is 1.81. The molecule has 4 heteroatoms. The third-order valence-electron chi connectivity index (χ3n) is 3.67. The van der Waals surface area contributed by atoms with E-state index in [4.69, 9.17) is 0 Å². The highest BCUT2D eigenvalue weighted by atomic mass is 32.1. The lowest BCUT2D eigenvalue weighted by atomic mass is 10.1. The molecule has 1 heterocycles. The molecule has 0 bridgehead atoms. The molecule has 0 aliphatic carbocycles. The average molecular weight is 331 g/mol. The number of benzene rings is 2. The molecule has 0 fully saturated rings. The highest BCUT2D eigenvalue weighted by Gasteiger charge is 2.09. The number of thiazole rings is 1. The van der Waals surface area contributed by atoms with E-state index in [-0.39, 0.29) is 0 Å². The first-order valence-electron chi connectivity index (χ1n) is 7.77. The van der Waals surface area contributed by atoms with Crippen molar-refractivity contribution in [3.05, 3.63) is 76.7 Å². The molecule has 1 N–H and O–H groups in total. The summed E-state index contributed by atoms with van der Waals surface area (Å²) in [6.45, 7) is 2.14. The van der Waals surface area contributed by atoms with E-state index in [9.17, 15) is 5.26 Å². The summed E-state index contributed by atoms with van der Waals surface area (Å²) in [4.78, 5) is 4.61. The molecule has 3 rings (SSSR count). The molecule has 3 aromatic rings. The van der Waals surface area contributed by atoms with Crippen LogP contribution in [0.2, 0.25) is 0 Å². The highest BCUT2D eigenvalue weighted by molar-refractivity contribution is 7.11. The molecule has 0 atom stereocenters. The number of nitrogens with one attached hydrogen (secondary N) is 1. The van der Waals surface area contributed by atoms with Gasteiger partial charge in [0.1, 0.15) is 16.6 Å². The number of para-hydroxylation sites is 1. The molecule has 3 nitrogen and oxygen atoms in total. The predicted octanol–water partition coefficient (Wildman–Crippen LogP) is 5.35. The van der Waals surface area contributed by atoms with E-state index in [2.05, 4.69) is 47.6 Å². The van der Waals surface area contributed by atoms with Gasteiger partial charge in [0.15, 0.2) is 0 Å². The van der Waals surface area contributed by atoms with Crippen LogP contribution in [0.5, 0.6) is 0 Å². The summed E-state index contributed by atoms with van der Waals surface area (Å²) >= 11 is 1.48. The van der Waals surface area contributed by atoms with Crippen LogP contribution >= 0.6 is 11.3 Å². The van der Waals surface area contributed by atoms with E-state index < -0.39 is 0 Å². The SMILES string of the molecule is CCc1ccc(-c2csc(C(C#N)=CNc3ccccc3)n2)cc1. The second-order valence-electron chi connectivity index (χ2n) is 5.27. The first-order valence-corrected chi connectivity index (χ1v) is 8.65. The summed E-state index contributed by atoms with van der Waals surface area (Å²) in [6.07, 6.45) is 2.73. The van der Waals surface area contributed by atoms with Gasteiger partial charge in [-0.1, -0.05) is 49.4 Å². The minimum absolute atomic E-state index is 0.528. The molecule has 0 spiro atoms. The number of hydrogen-bond acceptors (Lipinski definition) is 4. The van der Waals surface area contributed by atoms with Crippen molar-refractivity contribution in [3.63, 3.8) is 0 Å². The number of allylic oxidation sites excluding steroid dienone is 1. The molecule has 2 aromatic carbocycles. The minimum Gasteiger partial charge on any atom is -0.360 e. The molecule has 0 radical (unpaired) electrons. The van der Waals surface area contributed by atoms with Crippen LogP contribution in [0.3, 0.4) is 0 Å². The first-order chi connectivity index (χ1) is 11.8. The molecule has 1 aromatic heterocycles. The van der Waals surface area contributed by atoms with Crippen molar-refractivity contribution in [3.8, 4) is 17.3 Å². The van der Waals surface area contributed by atoms with Crippen molar-refractivity contribution in [1.82, 2.24) is 4.98 Å². The van der Waals surface area contributed by atoms with E-state index in [1.54, 1.807) is 6.20 Å². The van der Waals surface area contributed by atoms with E-state index in [0.717, 1.165) is 28.4 Å². The molecule has 0 saturated carbocycles. The molecule has 0 unspecified atom stereocenters. The van der Waals surface area contributed by atoms with E-state index in [1.807, 2.05) is 35.7 Å². The van der Waals surface area contributed by atoms with Crippen molar-refractivity contribution in [2.24, 2.45) is 0 Å². The third-order valence-corrected chi connectivity index (χ3v) is 4.55. The van der Waals surface area contributed by atoms with Crippen LogP contribution in [0.15, 0.2) is 66.2 Å². The summed E-state index contributed by atoms with van der Waals surface area (Å²) in [5.41, 5.74) is 4.75. The number of anilines is 1. The summed E-state index contributed by atoms with van der Waals surface area (Å²) in [7, 11) is 0. The van der Waals surface area contributed by atoms with Crippen molar-refractivity contribution >= 4 is 22.6 Å². The normalized spacial score (nSPS) is 11.1. The van der Waals surface area contributed by atoms with Gasteiger partial charge in [0, 0.05) is 22.8 Å². The lowest BCUT2D eigenvalue weighted by Crippen LogP contribution is -1.90. The first kappa shape index (κ1) is 16.0. The number of nitrogens with zero attached hydrogens (tertiary/aromatic N) is 2. The highest BCUT2D eigenvalue weighted by Crippen LogP contribution is 2.26. The zero-order chi connectivity index (χ0) is 16.8. The molecule has 24 heavy (non-hydrogen) atoms. The van der Waals surface area contributed by atoms with E-state index in [0.29, 0.717) is 5.57 Å². The Kier molecular flexibility index (Phi) is 5.05. The molecule has 0 aliphatic heterocycles. The van der Waals surface area contributed by atoms with Gasteiger partial charge in [-0.05, 0) is 24.1 Å². The van der Waals surface area contributed by atoms with Gasteiger partial charge in [0.2, 0.25) is 0 Å². The monoisotopic (exact) mass is 331 g/mol. The van der Waals surface area contributed by atoms with E-state index in [1.165, 1.54) is 16.9 Å². The number of aromatic nitrogens is 1. The third kappa shape index (κ3) is 3.70. The van der Waals surface area contributed by atoms with Crippen LogP contribution in [0.1, 0.15) is 17.5 Å². The van der Waals surface area contributed by atoms with Gasteiger partial charge in [-0.2, -0.15) is 5.26 Å². The maximum atomic E-state index is 9.41. The fraction of sp³-hybridized carbons (Fsp3) is 0.100. The summed E-state index contributed by atoms with van der Waals surface area (Å²) < 4.78 is 0. The Hall–Kier alpha value is -2.90. The summed E-state index contributed by atoms with van der Waals surface area (Å²) in [5.74, 6) is 0. The second-order valence-corrected chi connectivity index (χ2v) is 6.13. The molecule has 0 aliphatic rings. The summed E-state index contributed by atoms with van der Waals surface area (Å²) in [6, 6.07) is 20.4. The molecule has 0 amide bonds. The second kappa shape index (κ2) is 7.58. The van der Waals surface area contributed by atoms with Gasteiger partial charge < -0.3 is 5.32 Å². The van der Waals surface area contributed by atoms with Crippen LogP contribution in [0, 0.1) is 11.3 Å². The Morgan fingerprint density at radius 3 is 2.58 bits per heavy atom. The number of rotatable bonds is 5. The largest absolute Gasteiger partial charge is 0.360 e. The van der Waals surface area contributed by atoms with Crippen LogP contribution in [0.4, 0.5) is 5.69 Å². The fourth-order valence-electron chi connectivity index (χ4n) is 2.27. The van der Waals surface area contributed by atoms with Gasteiger partial charge in [-0.3, -0.25) is 0 Å². The Bertz CT molecular complexity index is 871. The van der Waals surface area contributed by atoms with Gasteiger partial charge in [-0.15, -0.1) is 11.3 Å². The van der Waals surface area contributed by atoms with Gasteiger partial charge in [-0.25, -0.2) is 4.98 Å². The van der Waals surface area contributed by atoms with Crippen LogP contribution in [-0.2, 0) is 6.42 Å². The number of aryl methyl sites for hydroxylation is 1. The van der Waals surface area contributed by atoms with Crippen molar-refractivity contribution < 1.29 is 0 Å². The van der Waals surface area contributed by atoms with Gasteiger partial charge >= 0.3 is 0 Å². The topological polar surface area (TPSA) is 48.7 Å². The quantitative estimate of drug-likeness (QED) is 0.641. The lowest BCUT2D eigenvalue weighted by molar-refractivity contribution is 1.14. The maximum absolute atomic E-state index is 9.41. The van der Waals surface area contributed by atoms with Crippen molar-refractivity contribution in [2.45, 2.75) is 13.3 Å². The lowest BCUT2D eigenvalue weighted by Gasteiger charge is -2.01. The van der Waals surface area contributed by atoms with Gasteiger partial charge in [0.25, 0.3) is 0 Å².